The summed E-state index contributed by atoms with van der Waals surface area (Å²) in [6.07, 6.45) is 4.70. The van der Waals surface area contributed by atoms with Crippen molar-refractivity contribution < 1.29 is 4.79 Å². The van der Waals surface area contributed by atoms with Crippen LogP contribution in [0.5, 0.6) is 0 Å². The zero-order chi connectivity index (χ0) is 15.4. The molecule has 0 aromatic carbocycles. The molecule has 5 heteroatoms. The molecule has 0 radical (unpaired) electrons. The van der Waals surface area contributed by atoms with Gasteiger partial charge in [0.25, 0.3) is 0 Å². The summed E-state index contributed by atoms with van der Waals surface area (Å²) in [7, 11) is 0. The zero-order valence-corrected chi connectivity index (χ0v) is 13.7. The number of nitrogens with one attached hydrogen (secondary N) is 2. The van der Waals surface area contributed by atoms with E-state index in [1.54, 1.807) is 0 Å². The van der Waals surface area contributed by atoms with Crippen molar-refractivity contribution in [3.05, 3.63) is 17.0 Å². The summed E-state index contributed by atoms with van der Waals surface area (Å²) >= 11 is 0. The van der Waals surface area contributed by atoms with Gasteiger partial charge in [-0.1, -0.05) is 26.7 Å². The van der Waals surface area contributed by atoms with Crippen LogP contribution in [0.2, 0.25) is 0 Å². The molecule has 1 aliphatic carbocycles. The molecule has 1 saturated carbocycles. The Labute approximate surface area is 127 Å². The molecule has 0 bridgehead atoms. The molecule has 21 heavy (non-hydrogen) atoms. The number of hydrogen-bond donors (Lipinski definition) is 2. The first kappa shape index (κ1) is 16.0. The van der Waals surface area contributed by atoms with Gasteiger partial charge in [0.2, 0.25) is 5.91 Å². The summed E-state index contributed by atoms with van der Waals surface area (Å²) < 4.78 is 1.83. The Kier molecular flexibility index (Phi) is 5.39. The smallest absolute Gasteiger partial charge is 0.241 e. The minimum Gasteiger partial charge on any atom is -0.352 e. The average molecular weight is 292 g/mol. The van der Waals surface area contributed by atoms with Crippen molar-refractivity contribution in [1.82, 2.24) is 20.4 Å². The van der Waals surface area contributed by atoms with Crippen molar-refractivity contribution in [2.45, 2.75) is 78.6 Å². The molecule has 118 valence electrons. The van der Waals surface area contributed by atoms with Crippen molar-refractivity contribution in [3.63, 3.8) is 0 Å². The summed E-state index contributed by atoms with van der Waals surface area (Å²) in [5.74, 6) is 0.0795. The zero-order valence-electron chi connectivity index (χ0n) is 13.7. The first-order valence-electron chi connectivity index (χ1n) is 8.03. The van der Waals surface area contributed by atoms with Gasteiger partial charge in [0, 0.05) is 29.9 Å². The van der Waals surface area contributed by atoms with Gasteiger partial charge in [-0.3, -0.25) is 9.48 Å². The number of rotatable bonds is 6. The Bertz CT molecular complexity index is 487. The van der Waals surface area contributed by atoms with Gasteiger partial charge in [-0.15, -0.1) is 0 Å². The highest BCUT2D eigenvalue weighted by atomic mass is 16.2. The lowest BCUT2D eigenvalue weighted by molar-refractivity contribution is -0.122. The van der Waals surface area contributed by atoms with Crippen molar-refractivity contribution in [2.75, 3.05) is 0 Å². The van der Waals surface area contributed by atoms with Crippen LogP contribution in [0.25, 0.3) is 0 Å². The number of aromatic nitrogens is 2. The predicted molar refractivity (Wildman–Crippen MR) is 84.1 cm³/mol. The third-order valence-corrected chi connectivity index (χ3v) is 4.23. The Morgan fingerprint density at radius 3 is 2.62 bits per heavy atom. The lowest BCUT2D eigenvalue weighted by Crippen LogP contribution is -2.35. The fraction of sp³-hybridized carbons (Fsp3) is 0.750. The fourth-order valence-corrected chi connectivity index (χ4v) is 2.93. The van der Waals surface area contributed by atoms with Crippen LogP contribution in [-0.2, 0) is 17.9 Å². The van der Waals surface area contributed by atoms with Crippen LogP contribution in [-0.4, -0.2) is 27.8 Å². The van der Waals surface area contributed by atoms with Crippen molar-refractivity contribution in [2.24, 2.45) is 0 Å². The maximum atomic E-state index is 12.1. The van der Waals surface area contributed by atoms with Crippen LogP contribution in [0, 0.1) is 13.8 Å². The molecule has 0 aliphatic heterocycles. The van der Waals surface area contributed by atoms with Crippen molar-refractivity contribution >= 4 is 5.91 Å². The number of aryl methyl sites for hydroxylation is 1. The molecule has 0 spiro atoms. The first-order chi connectivity index (χ1) is 9.97. The molecule has 1 fully saturated rings. The van der Waals surface area contributed by atoms with Gasteiger partial charge in [-0.2, -0.15) is 5.10 Å². The highest BCUT2D eigenvalue weighted by Crippen LogP contribution is 2.18. The van der Waals surface area contributed by atoms with E-state index in [0.717, 1.165) is 30.8 Å². The summed E-state index contributed by atoms with van der Waals surface area (Å²) in [5.41, 5.74) is 3.30. The average Bonchev–Trinajstić information content (AvgIpc) is 2.98. The SMILES string of the molecule is Cc1nn(CC(=O)NC2CCCC2)c(C)c1CNC(C)C. The van der Waals surface area contributed by atoms with E-state index >= 15 is 0 Å². The molecule has 2 rings (SSSR count). The number of hydrogen-bond acceptors (Lipinski definition) is 3. The third-order valence-electron chi connectivity index (χ3n) is 4.23. The Hall–Kier alpha value is -1.36. The Morgan fingerprint density at radius 1 is 1.33 bits per heavy atom. The Morgan fingerprint density at radius 2 is 2.00 bits per heavy atom. The summed E-state index contributed by atoms with van der Waals surface area (Å²) in [4.78, 5) is 12.1. The highest BCUT2D eigenvalue weighted by Gasteiger charge is 2.19. The van der Waals surface area contributed by atoms with E-state index in [2.05, 4.69) is 29.6 Å². The fourth-order valence-electron chi connectivity index (χ4n) is 2.93. The lowest BCUT2D eigenvalue weighted by Gasteiger charge is -2.13. The number of carbonyl (C=O) groups is 1. The predicted octanol–water partition coefficient (Wildman–Crippen LogP) is 2.06. The van der Waals surface area contributed by atoms with E-state index in [9.17, 15) is 4.79 Å². The molecule has 0 atom stereocenters. The monoisotopic (exact) mass is 292 g/mol. The summed E-state index contributed by atoms with van der Waals surface area (Å²) in [6, 6.07) is 0.814. The van der Waals surface area contributed by atoms with Crippen LogP contribution < -0.4 is 10.6 Å². The molecule has 1 aromatic heterocycles. The van der Waals surface area contributed by atoms with E-state index < -0.39 is 0 Å². The highest BCUT2D eigenvalue weighted by molar-refractivity contribution is 5.76. The van der Waals surface area contributed by atoms with E-state index in [0.29, 0.717) is 18.6 Å². The van der Waals surface area contributed by atoms with Crippen LogP contribution in [0.4, 0.5) is 0 Å². The normalized spacial score (nSPS) is 15.9. The first-order valence-corrected chi connectivity index (χ1v) is 8.03. The minimum absolute atomic E-state index is 0.0795. The van der Waals surface area contributed by atoms with Gasteiger partial charge in [0.05, 0.1) is 5.69 Å². The largest absolute Gasteiger partial charge is 0.352 e. The number of amides is 1. The molecule has 1 aliphatic rings. The molecule has 1 heterocycles. The topological polar surface area (TPSA) is 59.0 Å². The summed E-state index contributed by atoms with van der Waals surface area (Å²) in [6.45, 7) is 9.44. The number of nitrogens with zero attached hydrogens (tertiary/aromatic N) is 2. The standard InChI is InChI=1S/C16H28N4O/c1-11(2)17-9-15-12(3)19-20(13(15)4)10-16(21)18-14-7-5-6-8-14/h11,14,17H,5-10H2,1-4H3,(H,18,21). The second-order valence-electron chi connectivity index (χ2n) is 6.39. The van der Waals surface area contributed by atoms with E-state index in [-0.39, 0.29) is 5.91 Å². The van der Waals surface area contributed by atoms with E-state index in [1.165, 1.54) is 18.4 Å². The van der Waals surface area contributed by atoms with Gasteiger partial charge in [-0.25, -0.2) is 0 Å². The van der Waals surface area contributed by atoms with Crippen LogP contribution in [0.3, 0.4) is 0 Å². The Balaban J connectivity index is 1.96. The van der Waals surface area contributed by atoms with Crippen LogP contribution in [0.15, 0.2) is 0 Å². The van der Waals surface area contributed by atoms with E-state index in [4.69, 9.17) is 0 Å². The molecule has 0 unspecified atom stereocenters. The third kappa shape index (κ3) is 4.30. The van der Waals surface area contributed by atoms with Gasteiger partial charge in [0.15, 0.2) is 0 Å². The number of carbonyl (C=O) groups excluding carboxylic acids is 1. The maximum absolute atomic E-state index is 12.1. The second kappa shape index (κ2) is 7.07. The molecular weight excluding hydrogens is 264 g/mol. The molecule has 5 nitrogen and oxygen atoms in total. The quantitative estimate of drug-likeness (QED) is 0.844. The van der Waals surface area contributed by atoms with Gasteiger partial charge < -0.3 is 10.6 Å². The molecule has 0 saturated heterocycles. The van der Waals surface area contributed by atoms with E-state index in [1.807, 2.05) is 18.5 Å². The maximum Gasteiger partial charge on any atom is 0.241 e. The van der Waals surface area contributed by atoms with Crippen molar-refractivity contribution in [1.29, 1.82) is 0 Å². The minimum atomic E-state index is 0.0795. The molecule has 2 N–H and O–H groups in total. The molecule has 1 aromatic rings. The molecular formula is C16H28N4O. The molecule has 1 amide bonds. The van der Waals surface area contributed by atoms with Crippen LogP contribution in [0.1, 0.15) is 56.5 Å². The summed E-state index contributed by atoms with van der Waals surface area (Å²) in [5, 5.41) is 11.1. The second-order valence-corrected chi connectivity index (χ2v) is 6.39. The van der Waals surface area contributed by atoms with Gasteiger partial charge in [-0.05, 0) is 26.7 Å². The van der Waals surface area contributed by atoms with Crippen molar-refractivity contribution in [3.8, 4) is 0 Å². The van der Waals surface area contributed by atoms with Gasteiger partial charge >= 0.3 is 0 Å². The lowest BCUT2D eigenvalue weighted by atomic mass is 10.2. The van der Waals surface area contributed by atoms with Gasteiger partial charge in [0.1, 0.15) is 6.54 Å². The van der Waals surface area contributed by atoms with Crippen LogP contribution >= 0.6 is 0 Å².